The van der Waals surface area contributed by atoms with Gasteiger partial charge in [0.1, 0.15) is 6.10 Å². The van der Waals surface area contributed by atoms with Crippen molar-refractivity contribution < 1.29 is 9.53 Å². The predicted molar refractivity (Wildman–Crippen MR) is 98.7 cm³/mol. The van der Waals surface area contributed by atoms with Gasteiger partial charge in [-0.3, -0.25) is 4.79 Å². The highest BCUT2D eigenvalue weighted by Gasteiger charge is 2.33. The van der Waals surface area contributed by atoms with Crippen LogP contribution < -0.4 is 4.90 Å². The largest absolute Gasteiger partial charge is 0.370 e. The Morgan fingerprint density at radius 2 is 1.85 bits per heavy atom. The number of piperidine rings is 1. The second-order valence-electron chi connectivity index (χ2n) is 6.89. The molecule has 136 valence electrons. The smallest absolute Gasteiger partial charge is 0.227 e. The van der Waals surface area contributed by atoms with Crippen molar-refractivity contribution in [2.75, 3.05) is 37.7 Å². The monoisotopic (exact) mass is 352 g/mol. The summed E-state index contributed by atoms with van der Waals surface area (Å²) >= 11 is 0. The van der Waals surface area contributed by atoms with E-state index in [4.69, 9.17) is 4.74 Å². The average Bonchev–Trinajstić information content (AvgIpc) is 2.75. The molecule has 2 fully saturated rings. The minimum Gasteiger partial charge on any atom is -0.370 e. The molecule has 1 aromatic heterocycles. The zero-order valence-electron chi connectivity index (χ0n) is 14.8. The fourth-order valence-corrected chi connectivity index (χ4v) is 3.79. The van der Waals surface area contributed by atoms with Gasteiger partial charge in [0, 0.05) is 32.0 Å². The van der Waals surface area contributed by atoms with Gasteiger partial charge in [0.15, 0.2) is 0 Å². The third-order valence-corrected chi connectivity index (χ3v) is 5.16. The summed E-state index contributed by atoms with van der Waals surface area (Å²) in [6.07, 6.45) is 5.38. The van der Waals surface area contributed by atoms with Crippen molar-refractivity contribution in [1.82, 2.24) is 14.9 Å². The lowest BCUT2D eigenvalue weighted by molar-refractivity contribution is -0.143. The molecule has 0 spiro atoms. The fourth-order valence-electron chi connectivity index (χ4n) is 3.79. The van der Waals surface area contributed by atoms with Gasteiger partial charge in [0.05, 0.1) is 19.1 Å². The fraction of sp³-hybridized carbons (Fsp3) is 0.450. The molecule has 2 aliphatic heterocycles. The third-order valence-electron chi connectivity index (χ3n) is 5.16. The molecule has 2 saturated heterocycles. The summed E-state index contributed by atoms with van der Waals surface area (Å²) in [4.78, 5) is 25.9. The van der Waals surface area contributed by atoms with Crippen molar-refractivity contribution in [3.8, 4) is 0 Å². The van der Waals surface area contributed by atoms with Gasteiger partial charge in [-0.1, -0.05) is 30.3 Å². The number of morpholine rings is 1. The SMILES string of the molecule is O=C([C@@H]1CCCN(c2ncccn2)C1)N1CCO[C@H](c2ccccc2)C1. The van der Waals surface area contributed by atoms with E-state index in [1.54, 1.807) is 12.4 Å². The summed E-state index contributed by atoms with van der Waals surface area (Å²) in [6.45, 7) is 3.48. The number of aromatic nitrogens is 2. The van der Waals surface area contributed by atoms with Crippen molar-refractivity contribution >= 4 is 11.9 Å². The highest BCUT2D eigenvalue weighted by molar-refractivity contribution is 5.80. The van der Waals surface area contributed by atoms with Crippen LogP contribution in [-0.4, -0.2) is 53.6 Å². The van der Waals surface area contributed by atoms with E-state index in [1.807, 2.05) is 29.2 Å². The Hall–Kier alpha value is -2.47. The van der Waals surface area contributed by atoms with Gasteiger partial charge in [0.25, 0.3) is 0 Å². The maximum atomic E-state index is 13.1. The second kappa shape index (κ2) is 7.83. The molecule has 0 unspecified atom stereocenters. The minimum atomic E-state index is -0.0361. The number of ether oxygens (including phenoxy) is 1. The Labute approximate surface area is 153 Å². The van der Waals surface area contributed by atoms with Crippen molar-refractivity contribution in [2.24, 2.45) is 5.92 Å². The Morgan fingerprint density at radius 3 is 2.65 bits per heavy atom. The zero-order chi connectivity index (χ0) is 17.8. The summed E-state index contributed by atoms with van der Waals surface area (Å²) in [5.74, 6) is 0.950. The number of amides is 1. The third kappa shape index (κ3) is 3.70. The first kappa shape index (κ1) is 17.0. The maximum Gasteiger partial charge on any atom is 0.227 e. The summed E-state index contributed by atoms with van der Waals surface area (Å²) in [6, 6.07) is 12.0. The van der Waals surface area contributed by atoms with Crippen LogP contribution in [-0.2, 0) is 9.53 Å². The number of carbonyl (C=O) groups excluding carboxylic acids is 1. The second-order valence-corrected chi connectivity index (χ2v) is 6.89. The number of anilines is 1. The molecule has 4 rings (SSSR count). The quantitative estimate of drug-likeness (QED) is 0.848. The molecule has 0 aliphatic carbocycles. The normalized spacial score (nSPS) is 23.7. The van der Waals surface area contributed by atoms with Crippen LogP contribution >= 0.6 is 0 Å². The van der Waals surface area contributed by atoms with E-state index >= 15 is 0 Å². The van der Waals surface area contributed by atoms with E-state index in [9.17, 15) is 4.79 Å². The predicted octanol–water partition coefficient (Wildman–Crippen LogP) is 2.29. The van der Waals surface area contributed by atoms with E-state index in [2.05, 4.69) is 27.0 Å². The molecule has 0 saturated carbocycles. The first-order valence-corrected chi connectivity index (χ1v) is 9.28. The lowest BCUT2D eigenvalue weighted by Crippen LogP contribution is -2.49. The average molecular weight is 352 g/mol. The molecule has 1 aromatic carbocycles. The van der Waals surface area contributed by atoms with Gasteiger partial charge in [-0.2, -0.15) is 0 Å². The zero-order valence-corrected chi connectivity index (χ0v) is 14.8. The lowest BCUT2D eigenvalue weighted by Gasteiger charge is -2.38. The number of hydrogen-bond donors (Lipinski definition) is 0. The molecule has 2 atom stereocenters. The van der Waals surface area contributed by atoms with Crippen LogP contribution in [0.3, 0.4) is 0 Å². The molecular weight excluding hydrogens is 328 g/mol. The molecule has 0 bridgehead atoms. The van der Waals surface area contributed by atoms with Crippen LogP contribution in [0, 0.1) is 5.92 Å². The molecule has 0 N–H and O–H groups in total. The summed E-state index contributed by atoms with van der Waals surface area (Å²) in [5.41, 5.74) is 1.13. The van der Waals surface area contributed by atoms with E-state index < -0.39 is 0 Å². The van der Waals surface area contributed by atoms with Gasteiger partial charge < -0.3 is 14.5 Å². The van der Waals surface area contributed by atoms with Crippen LogP contribution in [0.2, 0.25) is 0 Å². The number of carbonyl (C=O) groups is 1. The summed E-state index contributed by atoms with van der Waals surface area (Å²) < 4.78 is 5.90. The standard InChI is InChI=1S/C20H24N4O2/c25-19(17-8-4-11-24(14-17)20-21-9-5-10-22-20)23-12-13-26-18(15-23)16-6-2-1-3-7-16/h1-3,5-7,9-10,17-18H,4,8,11-15H2/t17-,18+/m1/s1. The van der Waals surface area contributed by atoms with Crippen molar-refractivity contribution in [3.05, 3.63) is 54.4 Å². The molecule has 1 amide bonds. The van der Waals surface area contributed by atoms with Crippen molar-refractivity contribution in [1.29, 1.82) is 0 Å². The Kier molecular flexibility index (Phi) is 5.11. The summed E-state index contributed by atoms with van der Waals surface area (Å²) in [5, 5.41) is 0. The van der Waals surface area contributed by atoms with Gasteiger partial charge in [-0.25, -0.2) is 9.97 Å². The first-order valence-electron chi connectivity index (χ1n) is 9.28. The van der Waals surface area contributed by atoms with Crippen LogP contribution in [0.1, 0.15) is 24.5 Å². The molecule has 26 heavy (non-hydrogen) atoms. The molecule has 0 radical (unpaired) electrons. The molecule has 6 heteroatoms. The highest BCUT2D eigenvalue weighted by atomic mass is 16.5. The van der Waals surface area contributed by atoms with Crippen LogP contribution in [0.25, 0.3) is 0 Å². The number of benzene rings is 1. The van der Waals surface area contributed by atoms with Crippen LogP contribution in [0.4, 0.5) is 5.95 Å². The number of nitrogens with zero attached hydrogens (tertiary/aromatic N) is 4. The molecule has 2 aliphatic rings. The highest BCUT2D eigenvalue weighted by Crippen LogP contribution is 2.26. The maximum absolute atomic E-state index is 13.1. The van der Waals surface area contributed by atoms with E-state index in [0.29, 0.717) is 32.2 Å². The summed E-state index contributed by atoms with van der Waals surface area (Å²) in [7, 11) is 0. The molecular formula is C20H24N4O2. The van der Waals surface area contributed by atoms with Crippen LogP contribution in [0.15, 0.2) is 48.8 Å². The number of rotatable bonds is 3. The Bertz CT molecular complexity index is 664. The Morgan fingerprint density at radius 1 is 1.04 bits per heavy atom. The topological polar surface area (TPSA) is 58.6 Å². The van der Waals surface area contributed by atoms with E-state index in [-0.39, 0.29) is 17.9 Å². The van der Waals surface area contributed by atoms with Gasteiger partial charge in [0.2, 0.25) is 11.9 Å². The molecule has 6 nitrogen and oxygen atoms in total. The number of hydrogen-bond acceptors (Lipinski definition) is 5. The van der Waals surface area contributed by atoms with Gasteiger partial charge in [-0.05, 0) is 24.5 Å². The van der Waals surface area contributed by atoms with Crippen molar-refractivity contribution in [3.63, 3.8) is 0 Å². The minimum absolute atomic E-state index is 0.00193. The first-order chi connectivity index (χ1) is 12.8. The Balaban J connectivity index is 1.42. The van der Waals surface area contributed by atoms with E-state index in [1.165, 1.54) is 0 Å². The van der Waals surface area contributed by atoms with Gasteiger partial charge >= 0.3 is 0 Å². The lowest BCUT2D eigenvalue weighted by atomic mass is 9.96. The van der Waals surface area contributed by atoms with Gasteiger partial charge in [-0.15, -0.1) is 0 Å². The van der Waals surface area contributed by atoms with Crippen LogP contribution in [0.5, 0.6) is 0 Å². The molecule has 2 aromatic rings. The molecule has 3 heterocycles. The van der Waals surface area contributed by atoms with E-state index in [0.717, 1.165) is 24.9 Å². The van der Waals surface area contributed by atoms with Crippen molar-refractivity contribution in [2.45, 2.75) is 18.9 Å².